The Balaban J connectivity index is 2.71. The molecule has 0 aliphatic carbocycles. The molecule has 1 aromatic rings. The lowest BCUT2D eigenvalue weighted by Crippen LogP contribution is -2.37. The molecule has 1 rings (SSSR count). The molecule has 0 heterocycles. The van der Waals surface area contributed by atoms with Gasteiger partial charge in [0.1, 0.15) is 11.9 Å². The van der Waals surface area contributed by atoms with Crippen molar-refractivity contribution in [3.8, 4) is 5.75 Å². The van der Waals surface area contributed by atoms with Gasteiger partial charge in [-0.1, -0.05) is 28.1 Å². The van der Waals surface area contributed by atoms with E-state index in [-0.39, 0.29) is 0 Å². The molecule has 0 aromatic heterocycles. The lowest BCUT2D eigenvalue weighted by atomic mass is 10.2. The van der Waals surface area contributed by atoms with Crippen LogP contribution in [0.15, 0.2) is 24.3 Å². The number of ether oxygens (including phenoxy) is 1. The highest BCUT2D eigenvalue weighted by atomic mass is 79.9. The summed E-state index contributed by atoms with van der Waals surface area (Å²) in [6.45, 7) is 1.44. The summed E-state index contributed by atoms with van der Waals surface area (Å²) >= 11 is 3.30. The minimum Gasteiger partial charge on any atom is -0.546 e. The third kappa shape index (κ3) is 3.03. The first-order chi connectivity index (χ1) is 6.63. The number of halogens is 1. The molecule has 1 aromatic carbocycles. The van der Waals surface area contributed by atoms with Crippen molar-refractivity contribution >= 4 is 21.9 Å². The number of alkyl halides is 1. The molecule has 0 amide bonds. The van der Waals surface area contributed by atoms with Crippen molar-refractivity contribution in [1.82, 2.24) is 0 Å². The van der Waals surface area contributed by atoms with Crippen molar-refractivity contribution in [2.24, 2.45) is 0 Å². The first kappa shape index (κ1) is 11.0. The molecule has 14 heavy (non-hydrogen) atoms. The van der Waals surface area contributed by atoms with Crippen LogP contribution in [-0.2, 0) is 10.1 Å². The van der Waals surface area contributed by atoms with Gasteiger partial charge in [0.15, 0.2) is 0 Å². The van der Waals surface area contributed by atoms with Crippen LogP contribution in [0.2, 0.25) is 0 Å². The Kier molecular flexibility index (Phi) is 3.95. The van der Waals surface area contributed by atoms with Crippen LogP contribution in [0.1, 0.15) is 12.5 Å². The zero-order chi connectivity index (χ0) is 10.6. The highest BCUT2D eigenvalue weighted by molar-refractivity contribution is 9.08. The van der Waals surface area contributed by atoms with E-state index in [1.807, 2.05) is 12.1 Å². The summed E-state index contributed by atoms with van der Waals surface area (Å²) in [5.41, 5.74) is 1.04. The summed E-state index contributed by atoms with van der Waals surface area (Å²) in [5, 5.41) is 11.1. The fraction of sp³-hybridized carbons (Fsp3) is 0.300. The van der Waals surface area contributed by atoms with Crippen LogP contribution in [-0.4, -0.2) is 12.1 Å². The number of carbonyl (C=O) groups is 1. The van der Waals surface area contributed by atoms with Crippen LogP contribution in [0, 0.1) is 0 Å². The second-order valence-electron chi connectivity index (χ2n) is 2.86. The SMILES string of the molecule is CC(Oc1cccc(CBr)c1)C(=O)[O-]. The lowest BCUT2D eigenvalue weighted by molar-refractivity contribution is -0.312. The van der Waals surface area contributed by atoms with E-state index < -0.39 is 12.1 Å². The first-order valence-electron chi connectivity index (χ1n) is 4.16. The standard InChI is InChI=1S/C10H11BrO3/c1-7(10(12)13)14-9-4-2-3-8(5-9)6-11/h2-5,7H,6H2,1H3,(H,12,13)/p-1. The maximum absolute atomic E-state index is 10.4. The van der Waals surface area contributed by atoms with Crippen LogP contribution < -0.4 is 9.84 Å². The molecule has 0 bridgehead atoms. The molecule has 76 valence electrons. The van der Waals surface area contributed by atoms with Gasteiger partial charge in [0.2, 0.25) is 0 Å². The van der Waals surface area contributed by atoms with Gasteiger partial charge in [-0.3, -0.25) is 0 Å². The summed E-state index contributed by atoms with van der Waals surface area (Å²) in [6, 6.07) is 7.24. The topological polar surface area (TPSA) is 49.4 Å². The van der Waals surface area contributed by atoms with Crippen LogP contribution >= 0.6 is 15.9 Å². The van der Waals surface area contributed by atoms with Gasteiger partial charge < -0.3 is 14.6 Å². The van der Waals surface area contributed by atoms with Crippen LogP contribution in [0.5, 0.6) is 5.75 Å². The number of hydrogen-bond donors (Lipinski definition) is 0. The number of hydrogen-bond acceptors (Lipinski definition) is 3. The fourth-order valence-electron chi connectivity index (χ4n) is 0.954. The molecule has 0 saturated heterocycles. The Bertz CT molecular complexity index is 325. The summed E-state index contributed by atoms with van der Waals surface area (Å²) in [5.74, 6) is -0.673. The predicted molar refractivity (Wildman–Crippen MR) is 54.2 cm³/mol. The van der Waals surface area contributed by atoms with Crippen molar-refractivity contribution in [2.75, 3.05) is 0 Å². The van der Waals surface area contributed by atoms with Gasteiger partial charge >= 0.3 is 0 Å². The van der Waals surface area contributed by atoms with E-state index in [1.54, 1.807) is 12.1 Å². The number of carbonyl (C=O) groups excluding carboxylic acids is 1. The second kappa shape index (κ2) is 5.00. The minimum atomic E-state index is -1.21. The third-order valence-corrected chi connectivity index (χ3v) is 2.35. The summed E-state index contributed by atoms with van der Waals surface area (Å²) < 4.78 is 5.14. The number of rotatable bonds is 4. The van der Waals surface area contributed by atoms with Gasteiger partial charge in [-0.25, -0.2) is 0 Å². The van der Waals surface area contributed by atoms with E-state index in [2.05, 4.69) is 15.9 Å². The molecule has 0 N–H and O–H groups in total. The van der Waals surface area contributed by atoms with Gasteiger partial charge in [0, 0.05) is 5.33 Å². The normalized spacial score (nSPS) is 12.1. The molecule has 0 aliphatic rings. The van der Waals surface area contributed by atoms with Crippen molar-refractivity contribution in [3.63, 3.8) is 0 Å². The van der Waals surface area contributed by atoms with E-state index in [1.165, 1.54) is 6.92 Å². The maximum atomic E-state index is 10.4. The highest BCUT2D eigenvalue weighted by Crippen LogP contribution is 2.16. The molecule has 4 heteroatoms. The maximum Gasteiger partial charge on any atom is 0.135 e. The molecule has 0 radical (unpaired) electrons. The Morgan fingerprint density at radius 3 is 2.93 bits per heavy atom. The second-order valence-corrected chi connectivity index (χ2v) is 3.42. The Hall–Kier alpha value is -1.03. The molecule has 3 nitrogen and oxygen atoms in total. The van der Waals surface area contributed by atoms with Gasteiger partial charge in [-0.2, -0.15) is 0 Å². The average Bonchev–Trinajstić information content (AvgIpc) is 2.18. The summed E-state index contributed by atoms with van der Waals surface area (Å²) in [4.78, 5) is 10.4. The van der Waals surface area contributed by atoms with Crippen LogP contribution in [0.3, 0.4) is 0 Å². The van der Waals surface area contributed by atoms with Gasteiger partial charge in [-0.05, 0) is 24.6 Å². The van der Waals surface area contributed by atoms with E-state index >= 15 is 0 Å². The minimum absolute atomic E-state index is 0.540. The smallest absolute Gasteiger partial charge is 0.135 e. The number of benzene rings is 1. The van der Waals surface area contributed by atoms with Crippen molar-refractivity contribution in [2.45, 2.75) is 18.4 Å². The zero-order valence-electron chi connectivity index (χ0n) is 7.70. The quantitative estimate of drug-likeness (QED) is 0.760. The fourth-order valence-corrected chi connectivity index (χ4v) is 1.30. The molecule has 1 unspecified atom stereocenters. The Morgan fingerprint density at radius 2 is 2.36 bits per heavy atom. The Labute approximate surface area is 90.8 Å². The van der Waals surface area contributed by atoms with E-state index in [4.69, 9.17) is 4.74 Å². The van der Waals surface area contributed by atoms with Gasteiger partial charge in [0.05, 0.1) is 5.97 Å². The molecular weight excluding hydrogens is 248 g/mol. The lowest BCUT2D eigenvalue weighted by Gasteiger charge is -2.15. The third-order valence-electron chi connectivity index (χ3n) is 1.70. The zero-order valence-corrected chi connectivity index (χ0v) is 9.28. The van der Waals surface area contributed by atoms with Crippen molar-refractivity contribution in [1.29, 1.82) is 0 Å². The van der Waals surface area contributed by atoms with Gasteiger partial charge in [0.25, 0.3) is 0 Å². The van der Waals surface area contributed by atoms with Crippen molar-refractivity contribution < 1.29 is 14.6 Å². The predicted octanol–water partition coefficient (Wildman–Crippen LogP) is 1.10. The van der Waals surface area contributed by atoms with Crippen LogP contribution in [0.25, 0.3) is 0 Å². The highest BCUT2D eigenvalue weighted by Gasteiger charge is 2.04. The molecule has 0 saturated carbocycles. The largest absolute Gasteiger partial charge is 0.546 e. The summed E-state index contributed by atoms with van der Waals surface area (Å²) in [6.07, 6.45) is -0.930. The number of carboxylic acid groups (broad SMARTS) is 1. The van der Waals surface area contributed by atoms with Crippen molar-refractivity contribution in [3.05, 3.63) is 29.8 Å². The number of carboxylic acids is 1. The van der Waals surface area contributed by atoms with Crippen LogP contribution in [0.4, 0.5) is 0 Å². The summed E-state index contributed by atoms with van der Waals surface area (Å²) in [7, 11) is 0. The molecule has 1 atom stereocenters. The molecule has 0 fully saturated rings. The first-order valence-corrected chi connectivity index (χ1v) is 5.28. The number of aliphatic carboxylic acids is 1. The van der Waals surface area contributed by atoms with E-state index in [9.17, 15) is 9.90 Å². The average molecular weight is 258 g/mol. The van der Waals surface area contributed by atoms with Gasteiger partial charge in [-0.15, -0.1) is 0 Å². The Morgan fingerprint density at radius 1 is 1.64 bits per heavy atom. The monoisotopic (exact) mass is 257 g/mol. The van der Waals surface area contributed by atoms with E-state index in [0.717, 1.165) is 5.56 Å². The molecular formula is C10H10BrO3-. The molecule has 0 spiro atoms. The van der Waals surface area contributed by atoms with E-state index in [0.29, 0.717) is 11.1 Å². The molecule has 0 aliphatic heterocycles.